The zero-order valence-electron chi connectivity index (χ0n) is 13.5. The average molecular weight is 350 g/mol. The van der Waals surface area contributed by atoms with Crippen LogP contribution in [0.5, 0.6) is 0 Å². The largest absolute Gasteiger partial charge is 0.465 e. The Morgan fingerprint density at radius 1 is 1.50 bits per heavy atom. The smallest absolute Gasteiger partial charge is 0.364 e. The second-order valence-corrected chi connectivity index (χ2v) is 6.25. The van der Waals surface area contributed by atoms with Crippen molar-refractivity contribution in [1.82, 2.24) is 19.3 Å². The number of aromatic nitrogens is 4. The molecule has 9 heteroatoms. The number of nitrogens with zero attached hydrogens (tertiary/aromatic N) is 4. The normalized spacial score (nSPS) is 23.4. The molecule has 128 valence electrons. The fourth-order valence-corrected chi connectivity index (χ4v) is 3.27. The van der Waals surface area contributed by atoms with Crippen LogP contribution >= 0.6 is 12.2 Å². The number of hydrogen-bond acceptors (Lipinski definition) is 6. The number of pyridine rings is 1. The van der Waals surface area contributed by atoms with Gasteiger partial charge in [-0.2, -0.15) is 4.68 Å². The van der Waals surface area contributed by atoms with E-state index >= 15 is 0 Å². The standard InChI is InChI=1S/C15H19N5O3S/c1-18-13(10-3-5-16-6-4-10)17-20(15(18)24)9-19-8-11(21)7-12(19)14(22)23-2/h3-6,11-12,21H,7-9H2,1-2H3/p+1/t11-,12-/m0/s1. The number of ether oxygens (including phenoxy) is 1. The molecule has 1 saturated heterocycles. The lowest BCUT2D eigenvalue weighted by atomic mass is 10.2. The van der Waals surface area contributed by atoms with Crippen molar-refractivity contribution in [3.63, 3.8) is 0 Å². The number of carbonyl (C=O) groups excluding carboxylic acids is 1. The van der Waals surface area contributed by atoms with Crippen molar-refractivity contribution in [2.24, 2.45) is 7.05 Å². The molecule has 2 aromatic heterocycles. The molecule has 3 rings (SSSR count). The van der Waals surface area contributed by atoms with Gasteiger partial charge in [-0.05, 0) is 24.4 Å². The quantitative estimate of drug-likeness (QED) is 0.553. The molecule has 1 aliphatic rings. The van der Waals surface area contributed by atoms with E-state index in [2.05, 4.69) is 10.1 Å². The Morgan fingerprint density at radius 2 is 2.21 bits per heavy atom. The van der Waals surface area contributed by atoms with Crippen LogP contribution in [0, 0.1) is 4.77 Å². The SMILES string of the molecule is COC(=O)[C@@H]1C[C@H](O)C[NH+]1Cn1nc(-c2ccncc2)n(C)c1=S. The maximum absolute atomic E-state index is 11.9. The van der Waals surface area contributed by atoms with E-state index in [0.29, 0.717) is 24.4 Å². The molecule has 8 nitrogen and oxygen atoms in total. The number of likely N-dealkylation sites (tertiary alicyclic amines) is 1. The number of quaternary nitrogens is 1. The lowest BCUT2D eigenvalue weighted by molar-refractivity contribution is -0.928. The fourth-order valence-electron chi connectivity index (χ4n) is 3.08. The van der Waals surface area contributed by atoms with Gasteiger partial charge in [0.25, 0.3) is 0 Å². The van der Waals surface area contributed by atoms with E-state index in [-0.39, 0.29) is 5.97 Å². The Kier molecular flexibility index (Phi) is 4.74. The molecule has 0 aliphatic carbocycles. The summed E-state index contributed by atoms with van der Waals surface area (Å²) in [5, 5.41) is 14.5. The number of methoxy groups -OCH3 is 1. The highest BCUT2D eigenvalue weighted by atomic mass is 32.1. The number of rotatable bonds is 4. The first-order chi connectivity index (χ1) is 11.5. The van der Waals surface area contributed by atoms with Crippen molar-refractivity contribution in [2.75, 3.05) is 13.7 Å². The number of esters is 1. The molecule has 0 aromatic carbocycles. The molecular weight excluding hydrogens is 330 g/mol. The summed E-state index contributed by atoms with van der Waals surface area (Å²) in [7, 11) is 3.21. The number of carbonyl (C=O) groups is 1. The molecule has 2 N–H and O–H groups in total. The number of nitrogens with one attached hydrogen (secondary N) is 1. The molecule has 0 bridgehead atoms. The summed E-state index contributed by atoms with van der Waals surface area (Å²) in [5.41, 5.74) is 0.915. The highest BCUT2D eigenvalue weighted by molar-refractivity contribution is 7.71. The molecule has 0 amide bonds. The highest BCUT2D eigenvalue weighted by Gasteiger charge is 2.41. The van der Waals surface area contributed by atoms with Gasteiger partial charge in [0.2, 0.25) is 4.77 Å². The minimum Gasteiger partial charge on any atom is -0.465 e. The van der Waals surface area contributed by atoms with Crippen LogP contribution in [0.15, 0.2) is 24.5 Å². The molecule has 2 aromatic rings. The van der Waals surface area contributed by atoms with Gasteiger partial charge in [0, 0.05) is 31.4 Å². The van der Waals surface area contributed by atoms with E-state index < -0.39 is 12.1 Å². The maximum atomic E-state index is 11.9. The predicted octanol–water partition coefficient (Wildman–Crippen LogP) is -0.838. The van der Waals surface area contributed by atoms with Crippen molar-refractivity contribution in [1.29, 1.82) is 0 Å². The minimum atomic E-state index is -0.526. The van der Waals surface area contributed by atoms with Gasteiger partial charge in [-0.3, -0.25) is 4.98 Å². The second kappa shape index (κ2) is 6.80. The summed E-state index contributed by atoms with van der Waals surface area (Å²) in [6.07, 6.45) is 3.26. The van der Waals surface area contributed by atoms with Crippen molar-refractivity contribution in [3.05, 3.63) is 29.3 Å². The average Bonchev–Trinajstić information content (AvgIpc) is 3.10. The van der Waals surface area contributed by atoms with Crippen LogP contribution in [0.4, 0.5) is 0 Å². The van der Waals surface area contributed by atoms with E-state index in [1.807, 2.05) is 23.7 Å². The van der Waals surface area contributed by atoms with Crippen molar-refractivity contribution < 1.29 is 19.5 Å². The fraction of sp³-hybridized carbons (Fsp3) is 0.467. The zero-order valence-corrected chi connectivity index (χ0v) is 14.4. The molecule has 3 heterocycles. The molecule has 1 aliphatic heterocycles. The summed E-state index contributed by atoms with van der Waals surface area (Å²) in [6.45, 7) is 0.858. The lowest BCUT2D eigenvalue weighted by Gasteiger charge is -2.18. The molecular formula is C15H20N5O3S+. The molecule has 0 saturated carbocycles. The van der Waals surface area contributed by atoms with Crippen molar-refractivity contribution in [3.8, 4) is 11.4 Å². The first-order valence-electron chi connectivity index (χ1n) is 7.66. The van der Waals surface area contributed by atoms with E-state index in [1.165, 1.54) is 7.11 Å². The summed E-state index contributed by atoms with van der Waals surface area (Å²) in [6, 6.07) is 3.33. The number of hydrogen-bond donors (Lipinski definition) is 2. The third-order valence-corrected chi connectivity index (χ3v) is 4.80. The van der Waals surface area contributed by atoms with Crippen LogP contribution in [-0.4, -0.2) is 56.2 Å². The van der Waals surface area contributed by atoms with E-state index in [0.717, 1.165) is 16.3 Å². The summed E-state index contributed by atoms with van der Waals surface area (Å²) in [4.78, 5) is 16.8. The zero-order chi connectivity index (χ0) is 17.3. The topological polar surface area (TPSA) is 86.6 Å². The van der Waals surface area contributed by atoms with Gasteiger partial charge in [0.1, 0.15) is 12.6 Å². The van der Waals surface area contributed by atoms with E-state index in [4.69, 9.17) is 17.0 Å². The third kappa shape index (κ3) is 3.10. The Bertz CT molecular complexity index is 788. The van der Waals surface area contributed by atoms with Gasteiger partial charge in [-0.25, -0.2) is 4.79 Å². The highest BCUT2D eigenvalue weighted by Crippen LogP contribution is 2.15. The van der Waals surface area contributed by atoms with E-state index in [9.17, 15) is 9.90 Å². The van der Waals surface area contributed by atoms with Crippen molar-refractivity contribution in [2.45, 2.75) is 25.2 Å². The molecule has 1 unspecified atom stereocenters. The van der Waals surface area contributed by atoms with Gasteiger partial charge in [0.15, 0.2) is 18.5 Å². The number of aliphatic hydroxyl groups excluding tert-OH is 1. The summed E-state index contributed by atoms with van der Waals surface area (Å²) < 4.78 is 8.91. The van der Waals surface area contributed by atoms with Gasteiger partial charge in [0.05, 0.1) is 7.11 Å². The van der Waals surface area contributed by atoms with Gasteiger partial charge in [-0.1, -0.05) is 0 Å². The first kappa shape index (κ1) is 16.7. The van der Waals surface area contributed by atoms with Crippen LogP contribution in [-0.2, 0) is 23.2 Å². The molecule has 0 radical (unpaired) electrons. The molecule has 0 spiro atoms. The predicted molar refractivity (Wildman–Crippen MR) is 87.5 cm³/mol. The second-order valence-electron chi connectivity index (χ2n) is 5.89. The van der Waals surface area contributed by atoms with Crippen molar-refractivity contribution >= 4 is 18.2 Å². The molecule has 3 atom stereocenters. The Morgan fingerprint density at radius 3 is 2.88 bits per heavy atom. The third-order valence-electron chi connectivity index (χ3n) is 4.32. The maximum Gasteiger partial charge on any atom is 0.364 e. The lowest BCUT2D eigenvalue weighted by Crippen LogP contribution is -3.14. The van der Waals surface area contributed by atoms with Crippen LogP contribution in [0.25, 0.3) is 11.4 Å². The molecule has 1 fully saturated rings. The van der Waals surface area contributed by atoms with Crippen LogP contribution in [0.2, 0.25) is 0 Å². The van der Waals surface area contributed by atoms with Gasteiger partial charge >= 0.3 is 5.97 Å². The van der Waals surface area contributed by atoms with Crippen LogP contribution in [0.1, 0.15) is 6.42 Å². The minimum absolute atomic E-state index is 0.321. The Hall–Kier alpha value is -2.10. The number of aliphatic hydroxyl groups is 1. The monoisotopic (exact) mass is 350 g/mol. The van der Waals surface area contributed by atoms with Crippen LogP contribution in [0.3, 0.4) is 0 Å². The summed E-state index contributed by atoms with van der Waals surface area (Å²) in [5.74, 6) is 0.412. The van der Waals surface area contributed by atoms with Gasteiger partial charge in [-0.15, -0.1) is 5.10 Å². The first-order valence-corrected chi connectivity index (χ1v) is 8.06. The Balaban J connectivity index is 1.88. The Labute approximate surface area is 144 Å². The molecule has 24 heavy (non-hydrogen) atoms. The summed E-state index contributed by atoms with van der Waals surface area (Å²) >= 11 is 5.47. The van der Waals surface area contributed by atoms with E-state index in [1.54, 1.807) is 17.1 Å². The van der Waals surface area contributed by atoms with Crippen LogP contribution < -0.4 is 4.90 Å². The van der Waals surface area contributed by atoms with Gasteiger partial charge < -0.3 is 19.3 Å².